The summed E-state index contributed by atoms with van der Waals surface area (Å²) in [5, 5.41) is 3.32. The van der Waals surface area contributed by atoms with Crippen LogP contribution in [0.5, 0.6) is 0 Å². The van der Waals surface area contributed by atoms with Crippen LogP contribution in [0.3, 0.4) is 0 Å². The first-order valence-electron chi connectivity index (χ1n) is 7.26. The number of anilines is 1. The van der Waals surface area contributed by atoms with Crippen LogP contribution >= 0.6 is 11.6 Å². The normalized spacial score (nSPS) is 11.6. The third kappa shape index (κ3) is 6.76. The Morgan fingerprint density at radius 3 is 2.43 bits per heavy atom. The highest BCUT2D eigenvalue weighted by Gasteiger charge is 2.20. The second kappa shape index (κ2) is 8.52. The summed E-state index contributed by atoms with van der Waals surface area (Å²) in [6, 6.07) is 4.99. The third-order valence-electron chi connectivity index (χ3n) is 3.25. The van der Waals surface area contributed by atoms with Gasteiger partial charge in [0.1, 0.15) is 0 Å². The molecule has 8 heteroatoms. The summed E-state index contributed by atoms with van der Waals surface area (Å²) in [4.78, 5) is 13.8. The molecule has 130 valence electrons. The number of hydrogen-bond acceptors (Lipinski definition) is 4. The molecule has 0 saturated carbocycles. The maximum Gasteiger partial charge on any atom is 0.232 e. The maximum atomic E-state index is 12.0. The number of hydrogen-bond donors (Lipinski definition) is 1. The molecule has 0 aromatic heterocycles. The summed E-state index contributed by atoms with van der Waals surface area (Å²) >= 11 is 5.91. The lowest BCUT2D eigenvalue weighted by molar-refractivity contribution is -0.120. The van der Waals surface area contributed by atoms with Gasteiger partial charge in [0, 0.05) is 31.1 Å². The number of carbonyl (C=O) groups is 1. The Labute approximate surface area is 143 Å². The van der Waals surface area contributed by atoms with Gasteiger partial charge < -0.3 is 10.2 Å². The molecule has 1 rings (SSSR count). The van der Waals surface area contributed by atoms with E-state index in [1.54, 1.807) is 25.1 Å². The molecule has 0 aliphatic rings. The molecule has 0 fully saturated rings. The number of benzene rings is 1. The highest BCUT2D eigenvalue weighted by atomic mass is 35.5. The summed E-state index contributed by atoms with van der Waals surface area (Å²) < 4.78 is 25.3. The number of aryl methyl sites for hydroxylation is 1. The molecule has 0 saturated heterocycles. The fourth-order valence-electron chi connectivity index (χ4n) is 2.07. The third-order valence-corrected chi connectivity index (χ3v) is 4.67. The second-order valence-electron chi connectivity index (χ2n) is 5.67. The monoisotopic (exact) mass is 361 g/mol. The van der Waals surface area contributed by atoms with E-state index in [-0.39, 0.29) is 18.9 Å². The highest BCUT2D eigenvalue weighted by molar-refractivity contribution is 7.92. The number of sulfonamides is 1. The fraction of sp³-hybridized carbons (Fsp3) is 0.533. The van der Waals surface area contributed by atoms with Crippen molar-refractivity contribution in [3.63, 3.8) is 0 Å². The van der Waals surface area contributed by atoms with Crippen molar-refractivity contribution in [1.29, 1.82) is 0 Å². The van der Waals surface area contributed by atoms with Crippen LogP contribution in [0.25, 0.3) is 0 Å². The van der Waals surface area contributed by atoms with E-state index in [9.17, 15) is 13.2 Å². The number of halogens is 1. The number of nitrogens with one attached hydrogen (secondary N) is 1. The van der Waals surface area contributed by atoms with Crippen LogP contribution in [0.4, 0.5) is 5.69 Å². The van der Waals surface area contributed by atoms with Gasteiger partial charge in [-0.1, -0.05) is 11.6 Å². The Balaban J connectivity index is 2.76. The van der Waals surface area contributed by atoms with Gasteiger partial charge in [0.2, 0.25) is 15.9 Å². The zero-order valence-corrected chi connectivity index (χ0v) is 15.5. The van der Waals surface area contributed by atoms with Crippen molar-refractivity contribution in [1.82, 2.24) is 10.2 Å². The number of carbonyl (C=O) groups excluding carboxylic acids is 1. The molecule has 0 bridgehead atoms. The summed E-state index contributed by atoms with van der Waals surface area (Å²) in [7, 11) is 0.354. The summed E-state index contributed by atoms with van der Waals surface area (Å²) in [5.41, 5.74) is 1.29. The maximum absolute atomic E-state index is 12.0. The minimum Gasteiger partial charge on any atom is -0.355 e. The lowest BCUT2D eigenvalue weighted by Crippen LogP contribution is -2.36. The standard InChI is InChI=1S/C15H24ClN3O3S/c1-12-11-13(16)5-6-14(12)19(23(4,21)22)9-7-15(20)17-8-10-18(2)3/h5-6,11H,7-10H2,1-4H3,(H,17,20). The molecule has 0 aliphatic carbocycles. The molecule has 0 aliphatic heterocycles. The van der Waals surface area contributed by atoms with Gasteiger partial charge in [-0.15, -0.1) is 0 Å². The van der Waals surface area contributed by atoms with E-state index in [0.717, 1.165) is 18.4 Å². The van der Waals surface area contributed by atoms with Gasteiger partial charge in [0.05, 0.1) is 11.9 Å². The predicted molar refractivity (Wildman–Crippen MR) is 94.6 cm³/mol. The number of nitrogens with zero attached hydrogens (tertiary/aromatic N) is 2. The molecule has 1 aromatic rings. The largest absolute Gasteiger partial charge is 0.355 e. The van der Waals surface area contributed by atoms with Crippen molar-refractivity contribution in [3.05, 3.63) is 28.8 Å². The molecule has 1 aromatic carbocycles. The number of likely N-dealkylation sites (N-methyl/N-ethyl adjacent to an activating group) is 1. The summed E-state index contributed by atoms with van der Waals surface area (Å²) in [6.45, 7) is 3.15. The van der Waals surface area contributed by atoms with Gasteiger partial charge in [-0.05, 0) is 44.8 Å². The summed E-state index contributed by atoms with van der Waals surface area (Å²) in [5.74, 6) is -0.174. The first-order chi connectivity index (χ1) is 10.6. The van der Waals surface area contributed by atoms with Crippen molar-refractivity contribution in [2.45, 2.75) is 13.3 Å². The van der Waals surface area contributed by atoms with E-state index in [1.165, 1.54) is 4.31 Å². The first kappa shape index (κ1) is 19.7. The molecule has 0 unspecified atom stereocenters. The zero-order chi connectivity index (χ0) is 17.6. The van der Waals surface area contributed by atoms with Crippen LogP contribution in [-0.4, -0.2) is 59.2 Å². The molecule has 1 N–H and O–H groups in total. The van der Waals surface area contributed by atoms with Gasteiger partial charge in [-0.3, -0.25) is 9.10 Å². The number of amides is 1. The van der Waals surface area contributed by atoms with Crippen LogP contribution in [0, 0.1) is 6.92 Å². The van der Waals surface area contributed by atoms with Gasteiger partial charge >= 0.3 is 0 Å². The molecular formula is C15H24ClN3O3S. The van der Waals surface area contributed by atoms with Crippen molar-refractivity contribution >= 4 is 33.2 Å². The topological polar surface area (TPSA) is 69.7 Å². The molecule has 0 spiro atoms. The zero-order valence-electron chi connectivity index (χ0n) is 14.0. The van der Waals surface area contributed by atoms with E-state index < -0.39 is 10.0 Å². The number of rotatable bonds is 8. The Morgan fingerprint density at radius 2 is 1.91 bits per heavy atom. The quantitative estimate of drug-likeness (QED) is 0.761. The average molecular weight is 362 g/mol. The van der Waals surface area contributed by atoms with Crippen LogP contribution in [0.1, 0.15) is 12.0 Å². The fourth-order valence-corrected chi connectivity index (χ4v) is 3.29. The minimum atomic E-state index is -3.48. The van der Waals surface area contributed by atoms with E-state index in [2.05, 4.69) is 5.32 Å². The molecule has 0 radical (unpaired) electrons. The van der Waals surface area contributed by atoms with Gasteiger partial charge in [-0.25, -0.2) is 8.42 Å². The Morgan fingerprint density at radius 1 is 1.26 bits per heavy atom. The van der Waals surface area contributed by atoms with Crippen molar-refractivity contribution < 1.29 is 13.2 Å². The van der Waals surface area contributed by atoms with Crippen molar-refractivity contribution in [2.75, 3.05) is 44.3 Å². The molecule has 23 heavy (non-hydrogen) atoms. The van der Waals surface area contributed by atoms with E-state index in [4.69, 9.17) is 11.6 Å². The van der Waals surface area contributed by atoms with Crippen molar-refractivity contribution in [3.8, 4) is 0 Å². The minimum absolute atomic E-state index is 0.0924. The SMILES string of the molecule is Cc1cc(Cl)ccc1N(CCC(=O)NCCN(C)C)S(C)(=O)=O. The van der Waals surface area contributed by atoms with E-state index in [0.29, 0.717) is 17.3 Å². The van der Waals surface area contributed by atoms with E-state index >= 15 is 0 Å². The molecular weight excluding hydrogens is 338 g/mol. The average Bonchev–Trinajstić information content (AvgIpc) is 2.39. The Kier molecular flexibility index (Phi) is 7.31. The van der Waals surface area contributed by atoms with Crippen LogP contribution < -0.4 is 9.62 Å². The van der Waals surface area contributed by atoms with Gasteiger partial charge in [0.15, 0.2) is 0 Å². The molecule has 6 nitrogen and oxygen atoms in total. The predicted octanol–water partition coefficient (Wildman–Crippen LogP) is 1.48. The second-order valence-corrected chi connectivity index (χ2v) is 8.01. The highest BCUT2D eigenvalue weighted by Crippen LogP contribution is 2.25. The smallest absolute Gasteiger partial charge is 0.232 e. The van der Waals surface area contributed by atoms with Crippen molar-refractivity contribution in [2.24, 2.45) is 0 Å². The van der Waals surface area contributed by atoms with Gasteiger partial charge in [0.25, 0.3) is 0 Å². The van der Waals surface area contributed by atoms with Gasteiger partial charge in [-0.2, -0.15) is 0 Å². The van der Waals surface area contributed by atoms with E-state index in [1.807, 2.05) is 19.0 Å². The molecule has 0 atom stereocenters. The first-order valence-corrected chi connectivity index (χ1v) is 9.49. The molecule has 1 amide bonds. The van der Waals surface area contributed by atoms with Crippen LogP contribution in [-0.2, 0) is 14.8 Å². The summed E-state index contributed by atoms with van der Waals surface area (Å²) in [6.07, 6.45) is 1.23. The Bertz CT molecular complexity index is 647. The van der Waals surface area contributed by atoms with Crippen LogP contribution in [0.15, 0.2) is 18.2 Å². The van der Waals surface area contributed by atoms with Crippen LogP contribution in [0.2, 0.25) is 5.02 Å². The Hall–Kier alpha value is -1.31. The lowest BCUT2D eigenvalue weighted by atomic mass is 10.2. The lowest BCUT2D eigenvalue weighted by Gasteiger charge is -2.24. The molecule has 0 heterocycles.